The van der Waals surface area contributed by atoms with Crippen molar-refractivity contribution in [1.82, 2.24) is 30.1 Å². The summed E-state index contributed by atoms with van der Waals surface area (Å²) in [6.45, 7) is 4.72. The number of nitrogens with zero attached hydrogens (tertiary/aromatic N) is 7. The van der Waals surface area contributed by atoms with Gasteiger partial charge in [0.2, 0.25) is 11.9 Å². The third-order valence-electron chi connectivity index (χ3n) is 6.89. The minimum Gasteiger partial charge on any atom is -0.353 e. The molecule has 0 saturated carbocycles. The zero-order chi connectivity index (χ0) is 23.8. The standard InChI is InChI=1S/C24H27ClN8OS/c25-19-4-2-17(3-5-19)20-16-33-23(28-20)35-24(29-33)32-10-6-18(7-11-32)21(34)30-12-14-31(15-13-30)22-26-8-1-9-27-22/h1-5,8-9,16,18,23,28H,6-7,10-15H2. The largest absolute Gasteiger partial charge is 0.353 e. The number of hydrogen-bond acceptors (Lipinski definition) is 9. The van der Waals surface area contributed by atoms with E-state index in [0.29, 0.717) is 0 Å². The molecule has 1 aromatic carbocycles. The van der Waals surface area contributed by atoms with E-state index < -0.39 is 0 Å². The van der Waals surface area contributed by atoms with Crippen LogP contribution in [0.1, 0.15) is 18.4 Å². The van der Waals surface area contributed by atoms with Crippen LogP contribution in [-0.4, -0.2) is 80.6 Å². The van der Waals surface area contributed by atoms with Crippen molar-refractivity contribution in [3.05, 3.63) is 59.5 Å². The normalized spacial score (nSPS) is 22.6. The number of hydrazone groups is 1. The number of amides is 1. The van der Waals surface area contributed by atoms with Gasteiger partial charge < -0.3 is 20.0 Å². The number of benzene rings is 1. The SMILES string of the molecule is O=C(C1CCN(C2=NN3C=C(c4ccc(Cl)cc4)NC3S2)CC1)N1CCN(c2ncccn2)CC1. The summed E-state index contributed by atoms with van der Waals surface area (Å²) in [6, 6.07) is 9.63. The highest BCUT2D eigenvalue weighted by atomic mass is 35.5. The number of hydrogen-bond donors (Lipinski definition) is 1. The summed E-state index contributed by atoms with van der Waals surface area (Å²) < 4.78 is 0. The van der Waals surface area contributed by atoms with Gasteiger partial charge in [0.05, 0.1) is 11.9 Å². The first-order chi connectivity index (χ1) is 17.1. The maximum Gasteiger partial charge on any atom is 0.225 e. The van der Waals surface area contributed by atoms with Gasteiger partial charge in [-0.25, -0.2) is 15.0 Å². The first kappa shape index (κ1) is 22.5. The number of carbonyl (C=O) groups is 1. The molecule has 0 radical (unpaired) electrons. The van der Waals surface area contributed by atoms with E-state index in [4.69, 9.17) is 16.7 Å². The average molecular weight is 511 g/mol. The Morgan fingerprint density at radius 2 is 1.69 bits per heavy atom. The molecule has 4 aliphatic rings. The summed E-state index contributed by atoms with van der Waals surface area (Å²) in [5.41, 5.74) is 2.21. The van der Waals surface area contributed by atoms with Crippen molar-refractivity contribution in [3.8, 4) is 0 Å². The lowest BCUT2D eigenvalue weighted by atomic mass is 9.95. The number of amidine groups is 1. The second-order valence-electron chi connectivity index (χ2n) is 9.05. The van der Waals surface area contributed by atoms with Crippen LogP contribution in [0.5, 0.6) is 0 Å². The van der Waals surface area contributed by atoms with Crippen molar-refractivity contribution in [2.75, 3.05) is 44.2 Å². The number of nitrogens with one attached hydrogen (secondary N) is 1. The molecule has 0 spiro atoms. The van der Waals surface area contributed by atoms with Crippen LogP contribution in [0.25, 0.3) is 5.70 Å². The fraction of sp³-hybridized carbons (Fsp3) is 0.417. The fourth-order valence-electron chi connectivity index (χ4n) is 4.91. The Labute approximate surface area is 213 Å². The van der Waals surface area contributed by atoms with Crippen molar-refractivity contribution in [2.45, 2.75) is 18.3 Å². The second kappa shape index (κ2) is 9.58. The molecule has 4 aliphatic heterocycles. The number of halogens is 1. The van der Waals surface area contributed by atoms with Gasteiger partial charge in [-0.2, -0.15) is 0 Å². The Kier molecular flexibility index (Phi) is 6.15. The summed E-state index contributed by atoms with van der Waals surface area (Å²) in [4.78, 5) is 28.3. The molecular formula is C24H27ClN8OS. The highest BCUT2D eigenvalue weighted by Crippen LogP contribution is 2.35. The lowest BCUT2D eigenvalue weighted by Crippen LogP contribution is -2.52. The lowest BCUT2D eigenvalue weighted by molar-refractivity contribution is -0.137. The minimum absolute atomic E-state index is 0.0694. The van der Waals surface area contributed by atoms with E-state index in [1.165, 1.54) is 0 Å². The quantitative estimate of drug-likeness (QED) is 0.675. The van der Waals surface area contributed by atoms with Crippen molar-refractivity contribution in [1.29, 1.82) is 0 Å². The minimum atomic E-state index is 0.0694. The van der Waals surface area contributed by atoms with E-state index in [2.05, 4.69) is 25.1 Å². The van der Waals surface area contributed by atoms with Gasteiger partial charge >= 0.3 is 0 Å². The zero-order valence-corrected chi connectivity index (χ0v) is 20.8. The molecule has 9 nitrogen and oxygen atoms in total. The van der Waals surface area contributed by atoms with E-state index in [-0.39, 0.29) is 17.3 Å². The molecule has 1 atom stereocenters. The molecule has 1 aromatic heterocycles. The van der Waals surface area contributed by atoms with E-state index >= 15 is 0 Å². The van der Waals surface area contributed by atoms with E-state index in [1.54, 1.807) is 24.2 Å². The Morgan fingerprint density at radius 1 is 0.971 bits per heavy atom. The maximum atomic E-state index is 13.2. The van der Waals surface area contributed by atoms with E-state index in [0.717, 1.165) is 79.5 Å². The molecule has 2 fully saturated rings. The number of likely N-dealkylation sites (tertiary alicyclic amines) is 1. The molecule has 1 unspecified atom stereocenters. The lowest BCUT2D eigenvalue weighted by Gasteiger charge is -2.38. The van der Waals surface area contributed by atoms with Gasteiger partial charge in [0.25, 0.3) is 0 Å². The van der Waals surface area contributed by atoms with Crippen molar-refractivity contribution >= 4 is 46.1 Å². The molecule has 6 rings (SSSR count). The maximum absolute atomic E-state index is 13.2. The smallest absolute Gasteiger partial charge is 0.225 e. The summed E-state index contributed by atoms with van der Waals surface area (Å²) in [7, 11) is 0. The number of rotatable bonds is 3. The summed E-state index contributed by atoms with van der Waals surface area (Å²) in [6.07, 6.45) is 7.30. The topological polar surface area (TPSA) is 80.2 Å². The monoisotopic (exact) mass is 510 g/mol. The van der Waals surface area contributed by atoms with Crippen LogP contribution >= 0.6 is 23.4 Å². The van der Waals surface area contributed by atoms with Gasteiger partial charge in [0, 0.05) is 62.6 Å². The van der Waals surface area contributed by atoms with Gasteiger partial charge in [-0.1, -0.05) is 23.7 Å². The summed E-state index contributed by atoms with van der Waals surface area (Å²) >= 11 is 7.74. The van der Waals surface area contributed by atoms with Crippen LogP contribution in [0, 0.1) is 5.92 Å². The van der Waals surface area contributed by atoms with Crippen LogP contribution in [-0.2, 0) is 4.79 Å². The molecule has 1 N–H and O–H groups in total. The zero-order valence-electron chi connectivity index (χ0n) is 19.3. The molecule has 11 heteroatoms. The third-order valence-corrected chi connectivity index (χ3v) is 8.25. The van der Waals surface area contributed by atoms with Gasteiger partial charge in [0.1, 0.15) is 0 Å². The van der Waals surface area contributed by atoms with Crippen LogP contribution in [0.15, 0.2) is 54.0 Å². The molecule has 2 aromatic rings. The molecule has 1 amide bonds. The molecule has 0 bridgehead atoms. The fourth-order valence-corrected chi connectivity index (χ4v) is 6.11. The van der Waals surface area contributed by atoms with Crippen LogP contribution in [0.3, 0.4) is 0 Å². The van der Waals surface area contributed by atoms with Gasteiger partial charge in [-0.05, 0) is 48.4 Å². The summed E-state index contributed by atoms with van der Waals surface area (Å²) in [5, 5.41) is 12.1. The van der Waals surface area contributed by atoms with Gasteiger partial charge in [0.15, 0.2) is 10.7 Å². The second-order valence-corrected chi connectivity index (χ2v) is 10.5. The Morgan fingerprint density at radius 3 is 2.37 bits per heavy atom. The number of thioether (sulfide) groups is 1. The molecule has 35 heavy (non-hydrogen) atoms. The summed E-state index contributed by atoms with van der Waals surface area (Å²) in [5.74, 6) is 1.12. The molecule has 0 aliphatic carbocycles. The van der Waals surface area contributed by atoms with Crippen LogP contribution in [0.4, 0.5) is 5.95 Å². The number of piperidine rings is 1. The van der Waals surface area contributed by atoms with Crippen LogP contribution < -0.4 is 10.2 Å². The number of aromatic nitrogens is 2. The number of fused-ring (bicyclic) bond motifs is 1. The van der Waals surface area contributed by atoms with Gasteiger partial charge in [-0.15, -0.1) is 5.10 Å². The first-order valence-corrected chi connectivity index (χ1v) is 13.2. The number of piperazine rings is 1. The van der Waals surface area contributed by atoms with Crippen molar-refractivity contribution in [3.63, 3.8) is 0 Å². The first-order valence-electron chi connectivity index (χ1n) is 12.0. The third kappa shape index (κ3) is 4.64. The molecule has 2 saturated heterocycles. The molecule has 182 valence electrons. The van der Waals surface area contributed by atoms with E-state index in [1.807, 2.05) is 46.4 Å². The Bertz CT molecular complexity index is 1130. The number of anilines is 1. The average Bonchev–Trinajstić information content (AvgIpc) is 3.49. The van der Waals surface area contributed by atoms with E-state index in [9.17, 15) is 4.79 Å². The predicted molar refractivity (Wildman–Crippen MR) is 138 cm³/mol. The highest BCUT2D eigenvalue weighted by Gasteiger charge is 2.37. The number of carbonyl (C=O) groups excluding carboxylic acids is 1. The van der Waals surface area contributed by atoms with Crippen molar-refractivity contribution in [2.24, 2.45) is 11.0 Å². The Hall–Kier alpha value is -2.98. The van der Waals surface area contributed by atoms with Crippen LogP contribution in [0.2, 0.25) is 5.02 Å². The van der Waals surface area contributed by atoms with Gasteiger partial charge in [-0.3, -0.25) is 4.79 Å². The highest BCUT2D eigenvalue weighted by molar-refractivity contribution is 8.14. The molecule has 5 heterocycles. The molecular weight excluding hydrogens is 484 g/mol. The predicted octanol–water partition coefficient (Wildman–Crippen LogP) is 2.70. The Balaban J connectivity index is 1.00. The van der Waals surface area contributed by atoms with Crippen molar-refractivity contribution < 1.29 is 4.79 Å².